The van der Waals surface area contributed by atoms with Gasteiger partial charge < -0.3 is 15.0 Å². The molecule has 1 aliphatic rings. The monoisotopic (exact) mass is 354 g/mol. The smallest absolute Gasteiger partial charge is 0.251 e. The van der Waals surface area contributed by atoms with Crippen molar-refractivity contribution in [2.75, 3.05) is 31.2 Å². The fourth-order valence-electron chi connectivity index (χ4n) is 2.74. The first-order valence-electron chi connectivity index (χ1n) is 8.59. The molecule has 0 bridgehead atoms. The minimum atomic E-state index is -0.204. The summed E-state index contributed by atoms with van der Waals surface area (Å²) in [6.45, 7) is 6.58. The third kappa shape index (κ3) is 4.43. The second-order valence-corrected chi connectivity index (χ2v) is 6.22. The number of aromatic nitrogens is 2. The summed E-state index contributed by atoms with van der Waals surface area (Å²) in [6, 6.07) is 8.47. The Balaban J connectivity index is 1.65. The number of carbonyl (C=O) groups excluding carboxylic acids is 2. The standard InChI is InChI=1S/C19H22N4O3/c1-13-11-17(22-19(21-13)23-7-9-26-10-8-23)12-20-18(25)16-5-3-15(4-6-16)14(2)24/h3-6,11H,7-10,12H2,1-2H3,(H,20,25). The quantitative estimate of drug-likeness (QED) is 0.824. The van der Waals surface area contributed by atoms with Gasteiger partial charge in [0.2, 0.25) is 5.95 Å². The molecule has 1 fully saturated rings. The van der Waals surface area contributed by atoms with Gasteiger partial charge in [-0.3, -0.25) is 9.59 Å². The highest BCUT2D eigenvalue weighted by Gasteiger charge is 2.15. The van der Waals surface area contributed by atoms with Crippen molar-refractivity contribution in [1.29, 1.82) is 0 Å². The van der Waals surface area contributed by atoms with Gasteiger partial charge in [-0.1, -0.05) is 12.1 Å². The molecule has 2 heterocycles. The van der Waals surface area contributed by atoms with Crippen molar-refractivity contribution < 1.29 is 14.3 Å². The van der Waals surface area contributed by atoms with Gasteiger partial charge in [-0.15, -0.1) is 0 Å². The van der Waals surface area contributed by atoms with Crippen LogP contribution < -0.4 is 10.2 Å². The number of amides is 1. The zero-order chi connectivity index (χ0) is 18.5. The summed E-state index contributed by atoms with van der Waals surface area (Å²) >= 11 is 0. The van der Waals surface area contributed by atoms with E-state index < -0.39 is 0 Å². The zero-order valence-corrected chi connectivity index (χ0v) is 15.0. The third-order valence-corrected chi connectivity index (χ3v) is 4.17. The molecule has 1 aromatic heterocycles. The van der Waals surface area contributed by atoms with Crippen LogP contribution in [0.15, 0.2) is 30.3 Å². The van der Waals surface area contributed by atoms with Gasteiger partial charge in [0, 0.05) is 29.9 Å². The Morgan fingerprint density at radius 2 is 1.77 bits per heavy atom. The molecule has 0 aliphatic carbocycles. The Hall–Kier alpha value is -2.80. The summed E-state index contributed by atoms with van der Waals surface area (Å²) in [7, 11) is 0. The van der Waals surface area contributed by atoms with Crippen LogP contribution in [0.2, 0.25) is 0 Å². The van der Waals surface area contributed by atoms with E-state index in [0.29, 0.717) is 36.8 Å². The number of nitrogens with one attached hydrogen (secondary N) is 1. The molecule has 3 rings (SSSR count). The summed E-state index contributed by atoms with van der Waals surface area (Å²) < 4.78 is 5.36. The Morgan fingerprint density at radius 3 is 2.42 bits per heavy atom. The summed E-state index contributed by atoms with van der Waals surface area (Å²) in [5.41, 5.74) is 2.71. The predicted octanol–water partition coefficient (Wildman–Crippen LogP) is 1.75. The van der Waals surface area contributed by atoms with Crippen LogP contribution in [-0.2, 0) is 11.3 Å². The summed E-state index contributed by atoms with van der Waals surface area (Å²) in [4.78, 5) is 34.7. The van der Waals surface area contributed by atoms with E-state index >= 15 is 0 Å². The first kappa shape index (κ1) is 18.0. The number of hydrogen-bond acceptors (Lipinski definition) is 6. The molecule has 0 unspecified atom stereocenters. The maximum atomic E-state index is 12.3. The molecule has 0 atom stereocenters. The molecule has 7 heteroatoms. The highest BCUT2D eigenvalue weighted by molar-refractivity contribution is 5.97. The van der Waals surface area contributed by atoms with Crippen LogP contribution in [0.1, 0.15) is 39.0 Å². The number of ketones is 1. The van der Waals surface area contributed by atoms with Gasteiger partial charge in [0.25, 0.3) is 5.91 Å². The number of hydrogen-bond donors (Lipinski definition) is 1. The van der Waals surface area contributed by atoms with E-state index in [4.69, 9.17) is 4.74 Å². The Labute approximate surface area is 152 Å². The van der Waals surface area contributed by atoms with Gasteiger partial charge in [0.05, 0.1) is 25.5 Å². The van der Waals surface area contributed by atoms with Crippen LogP contribution in [0.3, 0.4) is 0 Å². The van der Waals surface area contributed by atoms with Crippen molar-refractivity contribution in [3.8, 4) is 0 Å². The first-order chi connectivity index (χ1) is 12.5. The van der Waals surface area contributed by atoms with Crippen LogP contribution >= 0.6 is 0 Å². The van der Waals surface area contributed by atoms with Gasteiger partial charge in [0.15, 0.2) is 5.78 Å². The lowest BCUT2D eigenvalue weighted by Gasteiger charge is -2.27. The van der Waals surface area contributed by atoms with Crippen molar-refractivity contribution >= 4 is 17.6 Å². The van der Waals surface area contributed by atoms with E-state index in [1.54, 1.807) is 24.3 Å². The molecule has 1 aromatic carbocycles. The molecule has 1 saturated heterocycles. The molecule has 1 N–H and O–H groups in total. The Kier molecular flexibility index (Phi) is 5.58. The second kappa shape index (κ2) is 8.05. The maximum absolute atomic E-state index is 12.3. The van der Waals surface area contributed by atoms with Gasteiger partial charge >= 0.3 is 0 Å². The van der Waals surface area contributed by atoms with Gasteiger partial charge in [-0.25, -0.2) is 9.97 Å². The van der Waals surface area contributed by atoms with Gasteiger partial charge in [-0.05, 0) is 32.0 Å². The van der Waals surface area contributed by atoms with E-state index in [1.807, 2.05) is 13.0 Å². The molecule has 1 amide bonds. The minimum Gasteiger partial charge on any atom is -0.378 e. The molecule has 0 radical (unpaired) electrons. The van der Waals surface area contributed by atoms with E-state index in [-0.39, 0.29) is 11.7 Å². The number of anilines is 1. The molecule has 7 nitrogen and oxygen atoms in total. The summed E-state index contributed by atoms with van der Waals surface area (Å²) in [5.74, 6) is 0.441. The fourth-order valence-corrected chi connectivity index (χ4v) is 2.74. The average molecular weight is 354 g/mol. The third-order valence-electron chi connectivity index (χ3n) is 4.17. The number of Topliss-reactive ketones (excluding diaryl/α,β-unsaturated/α-hetero) is 1. The number of morpholine rings is 1. The number of benzene rings is 1. The highest BCUT2D eigenvalue weighted by Crippen LogP contribution is 2.12. The zero-order valence-electron chi connectivity index (χ0n) is 15.0. The van der Waals surface area contributed by atoms with Crippen LogP contribution in [0.4, 0.5) is 5.95 Å². The normalized spacial score (nSPS) is 14.2. The van der Waals surface area contributed by atoms with Crippen molar-refractivity contribution in [1.82, 2.24) is 15.3 Å². The lowest BCUT2D eigenvalue weighted by atomic mass is 10.1. The largest absolute Gasteiger partial charge is 0.378 e. The SMILES string of the molecule is CC(=O)c1ccc(C(=O)NCc2cc(C)nc(N3CCOCC3)n2)cc1. The number of rotatable bonds is 5. The molecular weight excluding hydrogens is 332 g/mol. The lowest BCUT2D eigenvalue weighted by Crippen LogP contribution is -2.37. The molecule has 0 spiro atoms. The molecule has 136 valence electrons. The number of aryl methyl sites for hydroxylation is 1. The van der Waals surface area contributed by atoms with Crippen LogP contribution in [0.25, 0.3) is 0 Å². The number of ether oxygens (including phenoxy) is 1. The van der Waals surface area contributed by atoms with Gasteiger partial charge in [-0.2, -0.15) is 0 Å². The molecule has 2 aromatic rings. The molecule has 1 aliphatic heterocycles. The van der Waals surface area contributed by atoms with E-state index in [1.165, 1.54) is 6.92 Å². The predicted molar refractivity (Wildman–Crippen MR) is 97.4 cm³/mol. The Morgan fingerprint density at radius 1 is 1.12 bits per heavy atom. The molecule has 0 saturated carbocycles. The van der Waals surface area contributed by atoms with Crippen LogP contribution in [0, 0.1) is 6.92 Å². The fraction of sp³-hybridized carbons (Fsp3) is 0.368. The average Bonchev–Trinajstić information content (AvgIpc) is 2.66. The summed E-state index contributed by atoms with van der Waals surface area (Å²) in [6.07, 6.45) is 0. The highest BCUT2D eigenvalue weighted by atomic mass is 16.5. The second-order valence-electron chi connectivity index (χ2n) is 6.22. The van der Waals surface area contributed by atoms with E-state index in [9.17, 15) is 9.59 Å². The summed E-state index contributed by atoms with van der Waals surface area (Å²) in [5, 5.41) is 2.86. The van der Waals surface area contributed by atoms with Crippen molar-refractivity contribution in [3.63, 3.8) is 0 Å². The van der Waals surface area contributed by atoms with E-state index in [2.05, 4.69) is 20.2 Å². The van der Waals surface area contributed by atoms with Crippen LogP contribution in [0.5, 0.6) is 0 Å². The van der Waals surface area contributed by atoms with Crippen molar-refractivity contribution in [3.05, 3.63) is 52.8 Å². The molecular formula is C19H22N4O3. The Bertz CT molecular complexity index is 799. The number of nitrogens with zero attached hydrogens (tertiary/aromatic N) is 3. The van der Waals surface area contributed by atoms with Gasteiger partial charge in [0.1, 0.15) is 0 Å². The molecule has 26 heavy (non-hydrogen) atoms. The lowest BCUT2D eigenvalue weighted by molar-refractivity contribution is 0.0948. The van der Waals surface area contributed by atoms with Crippen molar-refractivity contribution in [2.24, 2.45) is 0 Å². The first-order valence-corrected chi connectivity index (χ1v) is 8.59. The van der Waals surface area contributed by atoms with Crippen molar-refractivity contribution in [2.45, 2.75) is 20.4 Å². The van der Waals surface area contributed by atoms with Crippen LogP contribution in [-0.4, -0.2) is 48.0 Å². The maximum Gasteiger partial charge on any atom is 0.251 e. The minimum absolute atomic E-state index is 0.0240. The van der Waals surface area contributed by atoms with E-state index in [0.717, 1.165) is 24.5 Å². The topological polar surface area (TPSA) is 84.4 Å². The number of carbonyl (C=O) groups is 2.